The van der Waals surface area contributed by atoms with Crippen LogP contribution in [0.1, 0.15) is 43.2 Å². The van der Waals surface area contributed by atoms with Gasteiger partial charge in [-0.1, -0.05) is 32.5 Å². The largest absolute Gasteiger partial charge is 0.298 e. The van der Waals surface area contributed by atoms with Gasteiger partial charge in [0, 0.05) is 11.1 Å². The Morgan fingerprint density at radius 1 is 1.26 bits per heavy atom. The average Bonchev–Trinajstić information content (AvgIpc) is 2.32. The standard InChI is InChI=1S/C15H20N2OS/c1-9-10(2)12(7-16)14(17-11(9)3)19-8-13(18)15(4,5)6/h8H2,1-6H3. The molecule has 1 aromatic rings. The van der Waals surface area contributed by atoms with Crippen LogP contribution in [0.5, 0.6) is 0 Å². The predicted octanol–water partition coefficient (Wildman–Crippen LogP) is 3.59. The summed E-state index contributed by atoms with van der Waals surface area (Å²) in [5, 5.41) is 9.92. The summed E-state index contributed by atoms with van der Waals surface area (Å²) in [5.41, 5.74) is 3.16. The Bertz CT molecular complexity index is 551. The Kier molecular flexibility index (Phi) is 4.75. The molecule has 0 fully saturated rings. The van der Waals surface area contributed by atoms with E-state index in [9.17, 15) is 10.1 Å². The zero-order chi connectivity index (χ0) is 14.8. The molecule has 0 radical (unpaired) electrons. The van der Waals surface area contributed by atoms with Crippen LogP contribution in [0.2, 0.25) is 0 Å². The zero-order valence-electron chi connectivity index (χ0n) is 12.4. The highest BCUT2D eigenvalue weighted by molar-refractivity contribution is 8.00. The molecular weight excluding hydrogens is 256 g/mol. The van der Waals surface area contributed by atoms with E-state index in [1.807, 2.05) is 41.5 Å². The number of thioether (sulfide) groups is 1. The monoisotopic (exact) mass is 276 g/mol. The number of nitrogens with zero attached hydrogens (tertiary/aromatic N) is 2. The number of pyridine rings is 1. The summed E-state index contributed by atoms with van der Waals surface area (Å²) in [5.74, 6) is 0.520. The molecule has 1 rings (SSSR count). The molecule has 4 heteroatoms. The molecule has 0 saturated heterocycles. The lowest BCUT2D eigenvalue weighted by molar-refractivity contribution is -0.123. The first-order valence-corrected chi connectivity index (χ1v) is 7.21. The van der Waals surface area contributed by atoms with E-state index in [1.165, 1.54) is 11.8 Å². The van der Waals surface area contributed by atoms with E-state index in [1.54, 1.807) is 0 Å². The molecule has 102 valence electrons. The summed E-state index contributed by atoms with van der Waals surface area (Å²) in [7, 11) is 0. The first kappa shape index (κ1) is 15.7. The summed E-state index contributed by atoms with van der Waals surface area (Å²) in [4.78, 5) is 16.4. The molecule has 0 aliphatic rings. The summed E-state index contributed by atoms with van der Waals surface area (Å²) in [6.45, 7) is 11.5. The van der Waals surface area contributed by atoms with Gasteiger partial charge < -0.3 is 0 Å². The van der Waals surface area contributed by atoms with Crippen LogP contribution in [-0.2, 0) is 4.79 Å². The molecule has 0 N–H and O–H groups in total. The van der Waals surface area contributed by atoms with Gasteiger partial charge in [-0.3, -0.25) is 4.79 Å². The van der Waals surface area contributed by atoms with Crippen LogP contribution in [0.4, 0.5) is 0 Å². The quantitative estimate of drug-likeness (QED) is 0.792. The second-order valence-electron chi connectivity index (χ2n) is 5.70. The Morgan fingerprint density at radius 3 is 2.32 bits per heavy atom. The zero-order valence-corrected chi connectivity index (χ0v) is 13.2. The second-order valence-corrected chi connectivity index (χ2v) is 6.67. The molecular formula is C15H20N2OS. The van der Waals surface area contributed by atoms with Crippen LogP contribution < -0.4 is 0 Å². The number of aromatic nitrogens is 1. The number of Topliss-reactive ketones (excluding diaryl/α,β-unsaturated/α-hetero) is 1. The molecule has 0 aliphatic heterocycles. The molecule has 0 aromatic carbocycles. The van der Waals surface area contributed by atoms with Crippen LogP contribution in [0.15, 0.2) is 5.03 Å². The molecule has 0 amide bonds. The molecule has 0 atom stereocenters. The van der Waals surface area contributed by atoms with Crippen LogP contribution >= 0.6 is 11.8 Å². The van der Waals surface area contributed by atoms with E-state index >= 15 is 0 Å². The van der Waals surface area contributed by atoms with Gasteiger partial charge >= 0.3 is 0 Å². The lowest BCUT2D eigenvalue weighted by Crippen LogP contribution is -2.22. The lowest BCUT2D eigenvalue weighted by Gasteiger charge is -2.16. The fourth-order valence-corrected chi connectivity index (χ4v) is 2.74. The minimum atomic E-state index is -0.353. The molecule has 19 heavy (non-hydrogen) atoms. The van der Waals surface area contributed by atoms with Crippen molar-refractivity contribution in [1.29, 1.82) is 5.26 Å². The van der Waals surface area contributed by atoms with Gasteiger partial charge in [0.05, 0.1) is 11.3 Å². The highest BCUT2D eigenvalue weighted by Gasteiger charge is 2.22. The fraction of sp³-hybridized carbons (Fsp3) is 0.533. The van der Waals surface area contributed by atoms with Gasteiger partial charge in [0.2, 0.25) is 0 Å². The second kappa shape index (κ2) is 5.75. The first-order chi connectivity index (χ1) is 8.68. The van der Waals surface area contributed by atoms with Crippen LogP contribution in [0.25, 0.3) is 0 Å². The Hall–Kier alpha value is -1.34. The predicted molar refractivity (Wildman–Crippen MR) is 78.3 cm³/mol. The summed E-state index contributed by atoms with van der Waals surface area (Å²) in [6, 6.07) is 2.20. The van der Waals surface area contributed by atoms with E-state index in [4.69, 9.17) is 0 Å². The third-order valence-electron chi connectivity index (χ3n) is 3.25. The number of nitriles is 1. The Morgan fingerprint density at radius 2 is 1.84 bits per heavy atom. The van der Waals surface area contributed by atoms with E-state index in [2.05, 4.69) is 11.1 Å². The van der Waals surface area contributed by atoms with Crippen LogP contribution in [0, 0.1) is 37.5 Å². The van der Waals surface area contributed by atoms with Crippen molar-refractivity contribution in [3.63, 3.8) is 0 Å². The van der Waals surface area contributed by atoms with Gasteiger partial charge in [-0.05, 0) is 31.9 Å². The smallest absolute Gasteiger partial charge is 0.148 e. The highest BCUT2D eigenvalue weighted by Crippen LogP contribution is 2.28. The molecule has 0 aliphatic carbocycles. The van der Waals surface area contributed by atoms with Gasteiger partial charge in [-0.15, -0.1) is 0 Å². The van der Waals surface area contributed by atoms with E-state index in [0.29, 0.717) is 16.3 Å². The highest BCUT2D eigenvalue weighted by atomic mass is 32.2. The van der Waals surface area contributed by atoms with Crippen LogP contribution in [0.3, 0.4) is 0 Å². The number of hydrogen-bond donors (Lipinski definition) is 0. The minimum Gasteiger partial charge on any atom is -0.298 e. The van der Waals surface area contributed by atoms with E-state index < -0.39 is 0 Å². The van der Waals surface area contributed by atoms with Crippen molar-refractivity contribution in [2.24, 2.45) is 5.41 Å². The number of hydrogen-bond acceptors (Lipinski definition) is 4. The fourth-order valence-electron chi connectivity index (χ4n) is 1.50. The number of rotatable bonds is 3. The minimum absolute atomic E-state index is 0.166. The van der Waals surface area contributed by atoms with Crippen molar-refractivity contribution in [2.75, 3.05) is 5.75 Å². The molecule has 0 saturated carbocycles. The molecule has 1 heterocycles. The maximum Gasteiger partial charge on any atom is 0.148 e. The molecule has 0 unspecified atom stereocenters. The van der Waals surface area contributed by atoms with Crippen molar-refractivity contribution in [2.45, 2.75) is 46.6 Å². The maximum absolute atomic E-state index is 11.9. The summed E-state index contributed by atoms with van der Waals surface area (Å²) in [6.07, 6.45) is 0. The third-order valence-corrected chi connectivity index (χ3v) is 4.23. The van der Waals surface area contributed by atoms with Crippen LogP contribution in [-0.4, -0.2) is 16.5 Å². The number of ketones is 1. The van der Waals surface area contributed by atoms with Crippen molar-refractivity contribution in [3.8, 4) is 6.07 Å². The first-order valence-electron chi connectivity index (χ1n) is 6.22. The van der Waals surface area contributed by atoms with Gasteiger partial charge in [0.1, 0.15) is 16.9 Å². The van der Waals surface area contributed by atoms with E-state index in [0.717, 1.165) is 16.8 Å². The summed E-state index contributed by atoms with van der Waals surface area (Å²) < 4.78 is 0. The SMILES string of the molecule is Cc1nc(SCC(=O)C(C)(C)C)c(C#N)c(C)c1C. The van der Waals surface area contributed by atoms with Gasteiger partial charge in [0.15, 0.2) is 0 Å². The normalized spacial score (nSPS) is 11.2. The molecule has 3 nitrogen and oxygen atoms in total. The topological polar surface area (TPSA) is 53.8 Å². The Balaban J connectivity index is 3.04. The number of carbonyl (C=O) groups excluding carboxylic acids is 1. The molecule has 0 bridgehead atoms. The van der Waals surface area contributed by atoms with Crippen molar-refractivity contribution < 1.29 is 4.79 Å². The van der Waals surface area contributed by atoms with E-state index in [-0.39, 0.29) is 11.2 Å². The number of aryl methyl sites for hydroxylation is 1. The molecule has 0 spiro atoms. The van der Waals surface area contributed by atoms with Gasteiger partial charge in [0.25, 0.3) is 0 Å². The lowest BCUT2D eigenvalue weighted by atomic mass is 9.92. The maximum atomic E-state index is 11.9. The van der Waals surface area contributed by atoms with Crippen molar-refractivity contribution >= 4 is 17.5 Å². The third kappa shape index (κ3) is 3.57. The average molecular weight is 276 g/mol. The molecule has 1 aromatic heterocycles. The van der Waals surface area contributed by atoms with Crippen molar-refractivity contribution in [3.05, 3.63) is 22.4 Å². The van der Waals surface area contributed by atoms with Gasteiger partial charge in [-0.2, -0.15) is 5.26 Å². The number of carbonyl (C=O) groups is 1. The van der Waals surface area contributed by atoms with Crippen molar-refractivity contribution in [1.82, 2.24) is 4.98 Å². The Labute approximate surface area is 119 Å². The summed E-state index contributed by atoms with van der Waals surface area (Å²) >= 11 is 1.36. The van der Waals surface area contributed by atoms with Gasteiger partial charge in [-0.25, -0.2) is 4.98 Å².